The van der Waals surface area contributed by atoms with E-state index in [9.17, 15) is 4.79 Å². The van der Waals surface area contributed by atoms with Gasteiger partial charge in [0.2, 0.25) is 0 Å². The first-order chi connectivity index (χ1) is 12.3. The molecule has 4 aromatic rings. The van der Waals surface area contributed by atoms with Gasteiger partial charge in [0.05, 0.1) is 24.2 Å². The van der Waals surface area contributed by atoms with Gasteiger partial charge in [-0.25, -0.2) is 9.38 Å². The lowest BCUT2D eigenvalue weighted by Gasteiger charge is -2.26. The van der Waals surface area contributed by atoms with Gasteiger partial charge >= 0.3 is 0 Å². The maximum Gasteiger partial charge on any atom is 0.275 e. The Morgan fingerprint density at radius 2 is 1.96 bits per heavy atom. The van der Waals surface area contributed by atoms with Crippen LogP contribution in [0.4, 0.5) is 5.88 Å². The highest BCUT2D eigenvalue weighted by molar-refractivity contribution is 7.15. The topological polar surface area (TPSA) is 60.0 Å². The second-order valence-corrected chi connectivity index (χ2v) is 6.92. The lowest BCUT2D eigenvalue weighted by molar-refractivity contribution is 0.120. The lowest BCUT2D eigenvalue weighted by Crippen LogP contribution is -2.35. The third-order valence-electron chi connectivity index (χ3n) is 4.35. The molecule has 0 aliphatic carbocycles. The van der Waals surface area contributed by atoms with Crippen LogP contribution in [0, 0.1) is 0 Å². The van der Waals surface area contributed by atoms with Gasteiger partial charge in [0.15, 0.2) is 10.8 Å². The number of imidazole rings is 1. The van der Waals surface area contributed by atoms with Crippen LogP contribution in [0.3, 0.4) is 0 Å². The van der Waals surface area contributed by atoms with Crippen molar-refractivity contribution in [1.82, 2.24) is 9.38 Å². The summed E-state index contributed by atoms with van der Waals surface area (Å²) in [5, 5.41) is 0. The molecule has 0 N–H and O–H groups in total. The number of para-hydroxylation sites is 2. The average molecular weight is 353 g/mol. The molecule has 0 radical (unpaired) electrons. The number of furan rings is 1. The number of anilines is 1. The van der Waals surface area contributed by atoms with Crippen LogP contribution in [0.15, 0.2) is 45.6 Å². The van der Waals surface area contributed by atoms with Gasteiger partial charge in [-0.05, 0) is 18.2 Å². The van der Waals surface area contributed by atoms with E-state index in [4.69, 9.17) is 9.15 Å². The van der Waals surface area contributed by atoms with Crippen molar-refractivity contribution < 1.29 is 9.15 Å². The van der Waals surface area contributed by atoms with Crippen LogP contribution in [0.2, 0.25) is 0 Å². The summed E-state index contributed by atoms with van der Waals surface area (Å²) in [4.78, 5) is 20.1. The van der Waals surface area contributed by atoms with Gasteiger partial charge in [-0.15, -0.1) is 0 Å². The van der Waals surface area contributed by atoms with Gasteiger partial charge in [0.1, 0.15) is 10.3 Å². The minimum atomic E-state index is -0.0574. The normalized spacial score (nSPS) is 16.3. The van der Waals surface area contributed by atoms with E-state index in [0.717, 1.165) is 30.0 Å². The molecule has 1 aliphatic rings. The molecule has 4 heterocycles. The number of hydrogen-bond acceptors (Lipinski definition) is 6. The van der Waals surface area contributed by atoms with Crippen molar-refractivity contribution in [2.24, 2.45) is 0 Å². The van der Waals surface area contributed by atoms with Gasteiger partial charge in [-0.3, -0.25) is 4.79 Å². The van der Waals surface area contributed by atoms with E-state index in [1.165, 1.54) is 11.3 Å². The zero-order valence-electron chi connectivity index (χ0n) is 13.3. The standard InChI is InChI=1S/C18H15N3O3S/c22-17-15(25-18-19-13-3-1-2-4-14(13)21(17)18)11-12-5-6-16(24-12)20-7-9-23-10-8-20/h1-6,11H,7-10H2. The Kier molecular flexibility index (Phi) is 3.36. The fourth-order valence-corrected chi connectivity index (χ4v) is 4.08. The molecule has 1 aliphatic heterocycles. The largest absolute Gasteiger partial charge is 0.441 e. The molecule has 6 nitrogen and oxygen atoms in total. The summed E-state index contributed by atoms with van der Waals surface area (Å²) >= 11 is 1.38. The Morgan fingerprint density at radius 1 is 1.12 bits per heavy atom. The first-order valence-corrected chi connectivity index (χ1v) is 8.95. The van der Waals surface area contributed by atoms with Crippen molar-refractivity contribution in [3.8, 4) is 0 Å². The molecule has 126 valence electrons. The third kappa shape index (κ3) is 2.43. The van der Waals surface area contributed by atoms with Crippen molar-refractivity contribution >= 4 is 39.3 Å². The highest BCUT2D eigenvalue weighted by atomic mass is 32.1. The molecular weight excluding hydrogens is 338 g/mol. The van der Waals surface area contributed by atoms with E-state index < -0.39 is 0 Å². The zero-order chi connectivity index (χ0) is 16.8. The number of benzene rings is 1. The molecule has 0 spiro atoms. The van der Waals surface area contributed by atoms with Crippen LogP contribution in [-0.4, -0.2) is 35.7 Å². The molecule has 0 atom stereocenters. The molecule has 1 fully saturated rings. The van der Waals surface area contributed by atoms with Crippen LogP contribution < -0.4 is 15.0 Å². The average Bonchev–Trinajstić information content (AvgIpc) is 3.32. The summed E-state index contributed by atoms with van der Waals surface area (Å²) in [5.41, 5.74) is 1.62. The van der Waals surface area contributed by atoms with Crippen molar-refractivity contribution in [3.63, 3.8) is 0 Å². The molecule has 5 rings (SSSR count). The Bertz CT molecular complexity index is 1170. The summed E-state index contributed by atoms with van der Waals surface area (Å²) in [7, 11) is 0. The lowest BCUT2D eigenvalue weighted by atomic mass is 10.3. The predicted octanol–water partition coefficient (Wildman–Crippen LogP) is 1.89. The molecule has 25 heavy (non-hydrogen) atoms. The van der Waals surface area contributed by atoms with Crippen LogP contribution in [0.5, 0.6) is 0 Å². The number of nitrogens with zero attached hydrogens (tertiary/aromatic N) is 3. The fourth-order valence-electron chi connectivity index (χ4n) is 3.11. The SMILES string of the molecule is O=c1c(=Cc2ccc(N3CCOCC3)o2)sc2nc3ccccc3n12. The van der Waals surface area contributed by atoms with E-state index in [2.05, 4.69) is 9.88 Å². The molecule has 0 bridgehead atoms. The van der Waals surface area contributed by atoms with Crippen molar-refractivity contribution in [1.29, 1.82) is 0 Å². The van der Waals surface area contributed by atoms with Gasteiger partial charge in [-0.2, -0.15) is 0 Å². The number of thiazole rings is 1. The molecule has 0 unspecified atom stereocenters. The number of rotatable bonds is 2. The number of ether oxygens (including phenoxy) is 1. The highest BCUT2D eigenvalue weighted by Crippen LogP contribution is 2.20. The van der Waals surface area contributed by atoms with Crippen LogP contribution in [-0.2, 0) is 4.74 Å². The second kappa shape index (κ2) is 5.72. The monoisotopic (exact) mass is 353 g/mol. The molecule has 0 amide bonds. The predicted molar refractivity (Wildman–Crippen MR) is 97.4 cm³/mol. The van der Waals surface area contributed by atoms with E-state index in [0.29, 0.717) is 28.5 Å². The van der Waals surface area contributed by atoms with Crippen molar-refractivity contribution in [3.05, 3.63) is 57.0 Å². The number of fused-ring (bicyclic) bond motifs is 3. The fraction of sp³-hybridized carbons (Fsp3) is 0.222. The maximum atomic E-state index is 12.7. The minimum Gasteiger partial charge on any atom is -0.441 e. The van der Waals surface area contributed by atoms with Crippen LogP contribution in [0.1, 0.15) is 5.76 Å². The van der Waals surface area contributed by atoms with Gasteiger partial charge in [0.25, 0.3) is 5.56 Å². The Hall–Kier alpha value is -2.64. The molecule has 1 aromatic carbocycles. The van der Waals surface area contributed by atoms with Crippen LogP contribution in [0.25, 0.3) is 22.1 Å². The summed E-state index contributed by atoms with van der Waals surface area (Å²) in [5.74, 6) is 1.49. The second-order valence-electron chi connectivity index (χ2n) is 5.91. The summed E-state index contributed by atoms with van der Waals surface area (Å²) < 4.78 is 13.5. The Morgan fingerprint density at radius 3 is 2.84 bits per heavy atom. The minimum absolute atomic E-state index is 0.0574. The molecule has 7 heteroatoms. The van der Waals surface area contributed by atoms with E-state index in [1.54, 1.807) is 10.5 Å². The summed E-state index contributed by atoms with van der Waals surface area (Å²) in [6, 6.07) is 11.5. The van der Waals surface area contributed by atoms with Gasteiger partial charge < -0.3 is 14.1 Å². The summed E-state index contributed by atoms with van der Waals surface area (Å²) in [6.45, 7) is 3.05. The smallest absolute Gasteiger partial charge is 0.275 e. The van der Waals surface area contributed by atoms with Crippen molar-refractivity contribution in [2.45, 2.75) is 0 Å². The Labute approximate surface area is 146 Å². The highest BCUT2D eigenvalue weighted by Gasteiger charge is 2.15. The number of morpholine rings is 1. The first-order valence-electron chi connectivity index (χ1n) is 8.14. The van der Waals surface area contributed by atoms with Gasteiger partial charge in [0, 0.05) is 25.2 Å². The number of aromatic nitrogens is 2. The third-order valence-corrected chi connectivity index (χ3v) is 5.32. The van der Waals surface area contributed by atoms with E-state index in [1.807, 2.05) is 36.4 Å². The molecule has 1 saturated heterocycles. The van der Waals surface area contributed by atoms with E-state index in [-0.39, 0.29) is 5.56 Å². The molecular formula is C18H15N3O3S. The molecule has 3 aromatic heterocycles. The van der Waals surface area contributed by atoms with Crippen LogP contribution >= 0.6 is 11.3 Å². The molecule has 0 saturated carbocycles. The maximum absolute atomic E-state index is 12.7. The quantitative estimate of drug-likeness (QED) is 0.551. The first kappa shape index (κ1) is 14.7. The van der Waals surface area contributed by atoms with Crippen molar-refractivity contribution in [2.75, 3.05) is 31.2 Å². The zero-order valence-corrected chi connectivity index (χ0v) is 14.2. The van der Waals surface area contributed by atoms with E-state index >= 15 is 0 Å². The number of hydrogen-bond donors (Lipinski definition) is 0. The summed E-state index contributed by atoms with van der Waals surface area (Å²) in [6.07, 6.45) is 1.79. The van der Waals surface area contributed by atoms with Gasteiger partial charge in [-0.1, -0.05) is 23.5 Å². The Balaban J connectivity index is 1.57.